The zero-order chi connectivity index (χ0) is 7.40. The molecule has 0 saturated carbocycles. The van der Waals surface area contributed by atoms with Crippen molar-refractivity contribution < 1.29 is 4.79 Å². The molecule has 0 bridgehead atoms. The van der Waals surface area contributed by atoms with Crippen LogP contribution in [0.25, 0.3) is 0 Å². The van der Waals surface area contributed by atoms with E-state index in [0.29, 0.717) is 0 Å². The summed E-state index contributed by atoms with van der Waals surface area (Å²) in [6.45, 7) is 0. The van der Waals surface area contributed by atoms with Gasteiger partial charge in [0.1, 0.15) is 6.29 Å². The molecule has 11 heavy (non-hydrogen) atoms. The highest BCUT2D eigenvalue weighted by Gasteiger charge is 2.02. The first kappa shape index (κ1) is 10.6. The molecule has 0 unspecified atom stereocenters. The number of aromatic nitrogens is 1. The number of alkyl halides is 1. The monoisotopic (exact) mass is 235 g/mol. The maximum absolute atomic E-state index is 10.2. The van der Waals surface area contributed by atoms with Gasteiger partial charge in [-0.2, -0.15) is 0 Å². The number of halogens is 2. The summed E-state index contributed by atoms with van der Waals surface area (Å²) in [4.78, 5) is 13.9. The second kappa shape index (κ2) is 5.27. The van der Waals surface area contributed by atoms with Gasteiger partial charge in [0.2, 0.25) is 0 Å². The lowest BCUT2D eigenvalue weighted by Crippen LogP contribution is -1.89. The van der Waals surface area contributed by atoms with Crippen LogP contribution in [0.2, 0.25) is 0 Å². The topological polar surface area (TPSA) is 30.0 Å². The highest BCUT2D eigenvalue weighted by Crippen LogP contribution is 2.17. The third-order valence-corrected chi connectivity index (χ3v) is 1.87. The average Bonchev–Trinajstić information content (AvgIpc) is 2.05. The molecule has 60 valence electrons. The molecule has 0 radical (unpaired) electrons. The molecule has 0 fully saturated rings. The Labute approximate surface area is 79.6 Å². The van der Waals surface area contributed by atoms with Gasteiger partial charge in [0, 0.05) is 12.4 Å². The van der Waals surface area contributed by atoms with Gasteiger partial charge < -0.3 is 4.79 Å². The Hall–Kier alpha value is -0.410. The molecule has 1 atom stereocenters. The normalized spacial score (nSPS) is 11.4. The molecule has 0 spiro atoms. The van der Waals surface area contributed by atoms with E-state index in [4.69, 9.17) is 0 Å². The lowest BCUT2D eigenvalue weighted by Gasteiger charge is -1.97. The summed E-state index contributed by atoms with van der Waals surface area (Å²) in [6.07, 6.45) is 4.17. The molecular formula is C7H7BrClNO. The van der Waals surface area contributed by atoms with Crippen LogP contribution in [0.4, 0.5) is 0 Å². The van der Waals surface area contributed by atoms with E-state index in [-0.39, 0.29) is 17.2 Å². The van der Waals surface area contributed by atoms with Crippen molar-refractivity contribution in [1.29, 1.82) is 0 Å². The Kier molecular flexibility index (Phi) is 5.07. The molecule has 1 aromatic heterocycles. The zero-order valence-corrected chi connectivity index (χ0v) is 8.01. The summed E-state index contributed by atoms with van der Waals surface area (Å²) in [5, 5.41) is 0. The molecule has 1 rings (SSSR count). The van der Waals surface area contributed by atoms with Gasteiger partial charge in [-0.05, 0) is 11.6 Å². The number of carbonyl (C=O) groups is 1. The van der Waals surface area contributed by atoms with Crippen molar-refractivity contribution in [3.63, 3.8) is 0 Å². The summed E-state index contributed by atoms with van der Waals surface area (Å²) < 4.78 is 0. The highest BCUT2D eigenvalue weighted by molar-refractivity contribution is 9.09. The summed E-state index contributed by atoms with van der Waals surface area (Å²) in [5.74, 6) is 0. The van der Waals surface area contributed by atoms with Crippen molar-refractivity contribution in [2.45, 2.75) is 4.83 Å². The predicted octanol–water partition coefficient (Wildman–Crippen LogP) is 2.14. The second-order valence-corrected chi connectivity index (χ2v) is 2.81. The van der Waals surface area contributed by atoms with E-state index in [1.165, 1.54) is 0 Å². The van der Waals surface area contributed by atoms with Gasteiger partial charge in [-0.3, -0.25) is 4.98 Å². The molecule has 1 heterocycles. The van der Waals surface area contributed by atoms with Crippen molar-refractivity contribution in [3.8, 4) is 0 Å². The molecule has 4 heteroatoms. The fourth-order valence-electron chi connectivity index (χ4n) is 0.618. The van der Waals surface area contributed by atoms with Crippen LogP contribution in [0, 0.1) is 0 Å². The summed E-state index contributed by atoms with van der Waals surface area (Å²) in [6, 6.07) is 3.65. The van der Waals surface area contributed by atoms with E-state index in [0.717, 1.165) is 11.8 Å². The second-order valence-electron chi connectivity index (χ2n) is 1.82. The van der Waals surface area contributed by atoms with Gasteiger partial charge >= 0.3 is 0 Å². The molecule has 0 amide bonds. The molecular weight excluding hydrogens is 229 g/mol. The fraction of sp³-hybridized carbons (Fsp3) is 0.143. The van der Waals surface area contributed by atoms with E-state index in [2.05, 4.69) is 20.9 Å². The van der Waals surface area contributed by atoms with Gasteiger partial charge in [0.25, 0.3) is 0 Å². The summed E-state index contributed by atoms with van der Waals surface area (Å²) in [5.41, 5.74) is 0.887. The molecule has 0 aliphatic carbocycles. The largest absolute Gasteiger partial charge is 0.302 e. The van der Waals surface area contributed by atoms with Crippen LogP contribution in [0.3, 0.4) is 0 Å². The molecule has 2 nitrogen and oxygen atoms in total. The zero-order valence-electron chi connectivity index (χ0n) is 5.61. The van der Waals surface area contributed by atoms with Crippen LogP contribution in [-0.2, 0) is 4.79 Å². The number of aldehydes is 1. The third-order valence-electron chi connectivity index (χ3n) is 1.12. The SMILES string of the molecule is Cl.O=C[C@@H](Br)c1cccnc1. The summed E-state index contributed by atoms with van der Waals surface area (Å²) >= 11 is 3.18. The van der Waals surface area contributed by atoms with E-state index < -0.39 is 0 Å². The van der Waals surface area contributed by atoms with Crippen molar-refractivity contribution in [2.75, 3.05) is 0 Å². The maximum Gasteiger partial charge on any atom is 0.138 e. The minimum absolute atomic E-state index is 0. The Morgan fingerprint density at radius 1 is 1.64 bits per heavy atom. The number of rotatable bonds is 2. The molecule has 0 aromatic carbocycles. The minimum Gasteiger partial charge on any atom is -0.302 e. The molecule has 0 N–H and O–H groups in total. The average molecular weight is 236 g/mol. The van der Waals surface area contributed by atoms with Crippen molar-refractivity contribution in [3.05, 3.63) is 30.1 Å². The Balaban J connectivity index is 0.000001000. The smallest absolute Gasteiger partial charge is 0.138 e. The van der Waals surface area contributed by atoms with Crippen molar-refractivity contribution in [2.24, 2.45) is 0 Å². The van der Waals surface area contributed by atoms with Crippen LogP contribution < -0.4 is 0 Å². The first-order valence-electron chi connectivity index (χ1n) is 2.84. The Bertz CT molecular complexity index is 217. The van der Waals surface area contributed by atoms with Crippen molar-refractivity contribution >= 4 is 34.6 Å². The van der Waals surface area contributed by atoms with Crippen molar-refractivity contribution in [1.82, 2.24) is 4.98 Å². The molecule has 1 aromatic rings. The molecule has 0 aliphatic heterocycles. The van der Waals surface area contributed by atoms with Crippen LogP contribution in [-0.4, -0.2) is 11.3 Å². The maximum atomic E-state index is 10.2. The molecule has 0 aliphatic rings. The molecule has 0 saturated heterocycles. The van der Waals surface area contributed by atoms with E-state index in [9.17, 15) is 4.79 Å². The van der Waals surface area contributed by atoms with Crippen LogP contribution >= 0.6 is 28.3 Å². The quantitative estimate of drug-likeness (QED) is 0.582. The van der Waals surface area contributed by atoms with E-state index in [1.807, 2.05) is 6.07 Å². The fourth-order valence-corrected chi connectivity index (χ4v) is 0.888. The van der Waals surface area contributed by atoms with Gasteiger partial charge in [0.05, 0.1) is 4.83 Å². The minimum atomic E-state index is -0.221. The lowest BCUT2D eigenvalue weighted by molar-refractivity contribution is -0.107. The Morgan fingerprint density at radius 2 is 2.36 bits per heavy atom. The van der Waals surface area contributed by atoms with Crippen LogP contribution in [0.15, 0.2) is 24.5 Å². The van der Waals surface area contributed by atoms with Gasteiger partial charge in [0.15, 0.2) is 0 Å². The van der Waals surface area contributed by atoms with Crippen LogP contribution in [0.1, 0.15) is 10.4 Å². The Morgan fingerprint density at radius 3 is 2.82 bits per heavy atom. The van der Waals surface area contributed by atoms with Gasteiger partial charge in [-0.15, -0.1) is 12.4 Å². The number of hydrogen-bond donors (Lipinski definition) is 0. The van der Waals surface area contributed by atoms with Gasteiger partial charge in [-0.25, -0.2) is 0 Å². The highest BCUT2D eigenvalue weighted by atomic mass is 79.9. The van der Waals surface area contributed by atoms with E-state index >= 15 is 0 Å². The summed E-state index contributed by atoms with van der Waals surface area (Å²) in [7, 11) is 0. The number of hydrogen-bond acceptors (Lipinski definition) is 2. The van der Waals surface area contributed by atoms with Gasteiger partial charge in [-0.1, -0.05) is 22.0 Å². The number of pyridine rings is 1. The van der Waals surface area contributed by atoms with E-state index in [1.54, 1.807) is 18.5 Å². The first-order chi connectivity index (χ1) is 4.84. The third kappa shape index (κ3) is 2.99. The predicted molar refractivity (Wildman–Crippen MR) is 49.2 cm³/mol. The van der Waals surface area contributed by atoms with Crippen LogP contribution in [0.5, 0.6) is 0 Å². The number of nitrogens with zero attached hydrogens (tertiary/aromatic N) is 1. The standard InChI is InChI=1S/C7H6BrNO.ClH/c8-7(5-10)6-2-1-3-9-4-6;/h1-5,7H;1H/t7-;/m1./s1. The first-order valence-corrected chi connectivity index (χ1v) is 3.75. The number of carbonyl (C=O) groups excluding carboxylic acids is 1. The lowest BCUT2D eigenvalue weighted by atomic mass is 10.2.